The standard InChI is InChI=1S/C19H23N3O/c1-6-14-11-15(23-19(3,4)5)7-8-16(14)18-13(2)21-12-17-20-9-10-22(17)18/h7-12H,6H2,1-5H3. The van der Waals surface area contributed by atoms with Gasteiger partial charge in [-0.25, -0.2) is 4.98 Å². The quantitative estimate of drug-likeness (QED) is 0.718. The number of imidazole rings is 1. The molecule has 4 nitrogen and oxygen atoms in total. The number of hydrogen-bond acceptors (Lipinski definition) is 3. The molecule has 2 heterocycles. The summed E-state index contributed by atoms with van der Waals surface area (Å²) in [5, 5.41) is 0. The van der Waals surface area contributed by atoms with Crippen LogP contribution in [-0.4, -0.2) is 20.0 Å². The molecule has 0 unspecified atom stereocenters. The second-order valence-electron chi connectivity index (χ2n) is 6.73. The Kier molecular flexibility index (Phi) is 3.84. The van der Waals surface area contributed by atoms with Crippen molar-refractivity contribution in [2.24, 2.45) is 0 Å². The zero-order valence-corrected chi connectivity index (χ0v) is 14.4. The molecule has 2 aromatic heterocycles. The molecule has 3 rings (SSSR count). The minimum Gasteiger partial charge on any atom is -0.488 e. The van der Waals surface area contributed by atoms with E-state index >= 15 is 0 Å². The highest BCUT2D eigenvalue weighted by molar-refractivity contribution is 5.69. The fourth-order valence-corrected chi connectivity index (χ4v) is 2.82. The predicted molar refractivity (Wildman–Crippen MR) is 92.9 cm³/mol. The van der Waals surface area contributed by atoms with Crippen molar-refractivity contribution in [1.29, 1.82) is 0 Å². The monoisotopic (exact) mass is 309 g/mol. The molecule has 4 heteroatoms. The van der Waals surface area contributed by atoms with Crippen LogP contribution in [-0.2, 0) is 6.42 Å². The van der Waals surface area contributed by atoms with Crippen molar-refractivity contribution in [2.75, 3.05) is 0 Å². The van der Waals surface area contributed by atoms with Crippen molar-refractivity contribution in [1.82, 2.24) is 14.4 Å². The Labute approximate surface area is 137 Å². The van der Waals surface area contributed by atoms with Crippen LogP contribution in [0.15, 0.2) is 36.8 Å². The van der Waals surface area contributed by atoms with Gasteiger partial charge in [-0.3, -0.25) is 9.38 Å². The van der Waals surface area contributed by atoms with Crippen molar-refractivity contribution in [3.8, 4) is 17.0 Å². The van der Waals surface area contributed by atoms with Crippen LogP contribution < -0.4 is 4.74 Å². The molecule has 0 aliphatic heterocycles. The Balaban J connectivity index is 2.15. The molecule has 0 saturated carbocycles. The first-order valence-electron chi connectivity index (χ1n) is 8.00. The van der Waals surface area contributed by atoms with Crippen LogP contribution in [0.1, 0.15) is 39.0 Å². The molecular formula is C19H23N3O. The van der Waals surface area contributed by atoms with Crippen molar-refractivity contribution in [2.45, 2.75) is 46.6 Å². The lowest BCUT2D eigenvalue weighted by Gasteiger charge is -2.22. The maximum atomic E-state index is 6.00. The summed E-state index contributed by atoms with van der Waals surface area (Å²) < 4.78 is 8.10. The summed E-state index contributed by atoms with van der Waals surface area (Å²) in [6.45, 7) is 10.4. The smallest absolute Gasteiger partial charge is 0.155 e. The van der Waals surface area contributed by atoms with E-state index in [2.05, 4.69) is 54.2 Å². The van der Waals surface area contributed by atoms with Crippen molar-refractivity contribution >= 4 is 5.65 Å². The Bertz CT molecular complexity index is 843. The van der Waals surface area contributed by atoms with Gasteiger partial charge in [0.05, 0.1) is 17.6 Å². The van der Waals surface area contributed by atoms with E-state index < -0.39 is 0 Å². The zero-order chi connectivity index (χ0) is 16.6. The number of aryl methyl sites for hydroxylation is 2. The van der Waals surface area contributed by atoms with Gasteiger partial charge in [-0.05, 0) is 57.9 Å². The number of ether oxygens (including phenoxy) is 1. The van der Waals surface area contributed by atoms with Crippen molar-refractivity contribution in [3.05, 3.63) is 48.0 Å². The third kappa shape index (κ3) is 3.07. The summed E-state index contributed by atoms with van der Waals surface area (Å²) >= 11 is 0. The highest BCUT2D eigenvalue weighted by atomic mass is 16.5. The highest BCUT2D eigenvalue weighted by Gasteiger charge is 2.16. The fourth-order valence-electron chi connectivity index (χ4n) is 2.82. The fraction of sp³-hybridized carbons (Fsp3) is 0.368. The van der Waals surface area contributed by atoms with Gasteiger partial charge in [0.1, 0.15) is 11.4 Å². The van der Waals surface area contributed by atoms with Crippen LogP contribution in [0.2, 0.25) is 0 Å². The number of aromatic nitrogens is 3. The van der Waals surface area contributed by atoms with Gasteiger partial charge in [0.15, 0.2) is 5.65 Å². The van der Waals surface area contributed by atoms with Gasteiger partial charge < -0.3 is 4.74 Å². The van der Waals surface area contributed by atoms with E-state index in [-0.39, 0.29) is 5.60 Å². The van der Waals surface area contributed by atoms with Crippen molar-refractivity contribution < 1.29 is 4.74 Å². The van der Waals surface area contributed by atoms with Crippen LogP contribution in [0.5, 0.6) is 5.75 Å². The number of fused-ring (bicyclic) bond motifs is 1. The molecule has 0 bridgehead atoms. The van der Waals surface area contributed by atoms with E-state index in [4.69, 9.17) is 4.74 Å². The van der Waals surface area contributed by atoms with E-state index in [1.54, 1.807) is 0 Å². The number of hydrogen-bond donors (Lipinski definition) is 0. The van der Waals surface area contributed by atoms with Gasteiger partial charge in [0.2, 0.25) is 0 Å². The zero-order valence-electron chi connectivity index (χ0n) is 14.4. The highest BCUT2D eigenvalue weighted by Crippen LogP contribution is 2.31. The van der Waals surface area contributed by atoms with E-state index in [1.165, 1.54) is 11.1 Å². The van der Waals surface area contributed by atoms with Crippen molar-refractivity contribution in [3.63, 3.8) is 0 Å². The van der Waals surface area contributed by atoms with E-state index in [0.29, 0.717) is 0 Å². The molecule has 0 atom stereocenters. The molecule has 0 saturated heterocycles. The molecule has 1 aromatic carbocycles. The van der Waals surface area contributed by atoms with Gasteiger partial charge >= 0.3 is 0 Å². The van der Waals surface area contributed by atoms with E-state index in [9.17, 15) is 0 Å². The lowest BCUT2D eigenvalue weighted by Crippen LogP contribution is -2.23. The van der Waals surface area contributed by atoms with Gasteiger partial charge in [-0.1, -0.05) is 6.92 Å². The van der Waals surface area contributed by atoms with Gasteiger partial charge in [-0.2, -0.15) is 0 Å². The first-order valence-corrected chi connectivity index (χ1v) is 8.00. The summed E-state index contributed by atoms with van der Waals surface area (Å²) in [4.78, 5) is 8.84. The maximum absolute atomic E-state index is 6.00. The number of nitrogens with zero attached hydrogens (tertiary/aromatic N) is 3. The SMILES string of the molecule is CCc1cc(OC(C)(C)C)ccc1-c1c(C)ncc2nccn12. The number of benzene rings is 1. The Morgan fingerprint density at radius 1 is 1.17 bits per heavy atom. The lowest BCUT2D eigenvalue weighted by atomic mass is 10.00. The minimum absolute atomic E-state index is 0.200. The van der Waals surface area contributed by atoms with Crippen LogP contribution in [0.4, 0.5) is 0 Å². The normalized spacial score (nSPS) is 11.9. The largest absolute Gasteiger partial charge is 0.488 e. The van der Waals surface area contributed by atoms with E-state index in [1.807, 2.05) is 31.6 Å². The molecule has 0 amide bonds. The Morgan fingerprint density at radius 3 is 2.65 bits per heavy atom. The molecule has 0 N–H and O–H groups in total. The van der Waals surface area contributed by atoms with Crippen LogP contribution >= 0.6 is 0 Å². The average molecular weight is 309 g/mol. The summed E-state index contributed by atoms with van der Waals surface area (Å²) in [5.41, 5.74) is 5.19. The summed E-state index contributed by atoms with van der Waals surface area (Å²) in [7, 11) is 0. The van der Waals surface area contributed by atoms with E-state index in [0.717, 1.165) is 29.2 Å². The molecule has 0 spiro atoms. The Hall–Kier alpha value is -2.36. The predicted octanol–water partition coefficient (Wildman–Crippen LogP) is 4.44. The minimum atomic E-state index is -0.200. The topological polar surface area (TPSA) is 39.4 Å². The van der Waals surface area contributed by atoms with Crippen LogP contribution in [0.25, 0.3) is 16.9 Å². The average Bonchev–Trinajstić information content (AvgIpc) is 2.94. The number of rotatable bonds is 3. The molecule has 0 fully saturated rings. The summed E-state index contributed by atoms with van der Waals surface area (Å²) in [6.07, 6.45) is 6.53. The molecule has 0 aliphatic carbocycles. The summed E-state index contributed by atoms with van der Waals surface area (Å²) in [5.74, 6) is 0.904. The lowest BCUT2D eigenvalue weighted by molar-refractivity contribution is 0.131. The van der Waals surface area contributed by atoms with Crippen LogP contribution in [0, 0.1) is 6.92 Å². The van der Waals surface area contributed by atoms with Gasteiger partial charge in [0.25, 0.3) is 0 Å². The second-order valence-corrected chi connectivity index (χ2v) is 6.73. The molecular weight excluding hydrogens is 286 g/mol. The second kappa shape index (κ2) is 5.69. The molecule has 3 aromatic rings. The Morgan fingerprint density at radius 2 is 1.96 bits per heavy atom. The van der Waals surface area contributed by atoms with Gasteiger partial charge in [-0.15, -0.1) is 0 Å². The molecule has 0 aliphatic rings. The molecule has 0 radical (unpaired) electrons. The van der Waals surface area contributed by atoms with Crippen LogP contribution in [0.3, 0.4) is 0 Å². The molecule has 23 heavy (non-hydrogen) atoms. The van der Waals surface area contributed by atoms with Gasteiger partial charge in [0, 0.05) is 18.0 Å². The summed E-state index contributed by atoms with van der Waals surface area (Å²) in [6, 6.07) is 6.30. The molecule has 120 valence electrons. The third-order valence-corrected chi connectivity index (χ3v) is 3.76. The maximum Gasteiger partial charge on any atom is 0.155 e. The first-order chi connectivity index (χ1) is 10.9. The first kappa shape index (κ1) is 15.5. The third-order valence-electron chi connectivity index (χ3n) is 3.76.